The Kier molecular flexibility index (Phi) is 3.54. The van der Waals surface area contributed by atoms with Crippen molar-refractivity contribution < 1.29 is 4.39 Å². The van der Waals surface area contributed by atoms with E-state index in [9.17, 15) is 4.39 Å². The zero-order valence-corrected chi connectivity index (χ0v) is 10.1. The first-order valence-corrected chi connectivity index (χ1v) is 5.64. The summed E-state index contributed by atoms with van der Waals surface area (Å²) in [5.41, 5.74) is 3.00. The van der Waals surface area contributed by atoms with E-state index in [0.29, 0.717) is 0 Å². The Balaban J connectivity index is 2.38. The van der Waals surface area contributed by atoms with E-state index < -0.39 is 0 Å². The van der Waals surface area contributed by atoms with E-state index in [-0.39, 0.29) is 5.82 Å². The number of hydrogen-bond acceptors (Lipinski definition) is 2. The monoisotopic (exact) mass is 233 g/mol. The number of hydrogen-bond donors (Lipinski definition) is 1. The highest BCUT2D eigenvalue weighted by atomic mass is 19.1. The number of halogens is 1. The van der Waals surface area contributed by atoms with Crippen molar-refractivity contribution in [2.75, 3.05) is 13.6 Å². The molecular formula is C13H16FN3. The third kappa shape index (κ3) is 2.53. The third-order valence-electron chi connectivity index (χ3n) is 2.81. The molecule has 0 atom stereocenters. The molecule has 0 fully saturated rings. The molecule has 1 aromatic carbocycles. The SMILES string of the molecule is CNCCc1c(-c2cccc(F)c2)cnn1C. The molecule has 0 aliphatic rings. The highest BCUT2D eigenvalue weighted by Crippen LogP contribution is 2.24. The van der Waals surface area contributed by atoms with Crippen LogP contribution in [-0.2, 0) is 13.5 Å². The van der Waals surface area contributed by atoms with Gasteiger partial charge < -0.3 is 5.32 Å². The first-order chi connectivity index (χ1) is 8.22. The minimum absolute atomic E-state index is 0.217. The fourth-order valence-corrected chi connectivity index (χ4v) is 1.90. The predicted molar refractivity (Wildman–Crippen MR) is 66.2 cm³/mol. The van der Waals surface area contributed by atoms with Crippen LogP contribution in [-0.4, -0.2) is 23.4 Å². The molecule has 3 nitrogen and oxygen atoms in total. The van der Waals surface area contributed by atoms with Gasteiger partial charge in [0.15, 0.2) is 0 Å². The Morgan fingerprint density at radius 2 is 2.24 bits per heavy atom. The van der Waals surface area contributed by atoms with Gasteiger partial charge in [-0.2, -0.15) is 5.10 Å². The molecular weight excluding hydrogens is 217 g/mol. The summed E-state index contributed by atoms with van der Waals surface area (Å²) in [6, 6.07) is 6.62. The fraction of sp³-hybridized carbons (Fsp3) is 0.308. The molecule has 0 spiro atoms. The highest BCUT2D eigenvalue weighted by molar-refractivity contribution is 5.65. The number of aromatic nitrogens is 2. The second-order valence-electron chi connectivity index (χ2n) is 3.99. The molecule has 2 rings (SSSR count). The first kappa shape index (κ1) is 11.8. The van der Waals surface area contributed by atoms with Gasteiger partial charge in [-0.25, -0.2) is 4.39 Å². The Morgan fingerprint density at radius 3 is 2.94 bits per heavy atom. The largest absolute Gasteiger partial charge is 0.319 e. The molecule has 0 aliphatic carbocycles. The van der Waals surface area contributed by atoms with Crippen LogP contribution in [0, 0.1) is 5.82 Å². The lowest BCUT2D eigenvalue weighted by Gasteiger charge is -2.06. The molecule has 1 heterocycles. The molecule has 0 saturated heterocycles. The van der Waals surface area contributed by atoms with Gasteiger partial charge in [-0.05, 0) is 24.7 Å². The number of benzene rings is 1. The van der Waals surface area contributed by atoms with Crippen LogP contribution in [0.5, 0.6) is 0 Å². The van der Waals surface area contributed by atoms with Crippen molar-refractivity contribution in [1.82, 2.24) is 15.1 Å². The Labute approximate surface area is 100 Å². The smallest absolute Gasteiger partial charge is 0.123 e. The van der Waals surface area contributed by atoms with Crippen LogP contribution >= 0.6 is 0 Å². The highest BCUT2D eigenvalue weighted by Gasteiger charge is 2.10. The van der Waals surface area contributed by atoms with Gasteiger partial charge in [0.1, 0.15) is 5.82 Å². The summed E-state index contributed by atoms with van der Waals surface area (Å²) in [5, 5.41) is 7.35. The lowest BCUT2D eigenvalue weighted by atomic mass is 10.0. The van der Waals surface area contributed by atoms with Crippen LogP contribution in [0.4, 0.5) is 4.39 Å². The summed E-state index contributed by atoms with van der Waals surface area (Å²) >= 11 is 0. The molecule has 17 heavy (non-hydrogen) atoms. The average molecular weight is 233 g/mol. The van der Waals surface area contributed by atoms with Gasteiger partial charge in [-0.1, -0.05) is 12.1 Å². The van der Waals surface area contributed by atoms with Crippen LogP contribution in [0.15, 0.2) is 30.5 Å². The molecule has 0 bridgehead atoms. The lowest BCUT2D eigenvalue weighted by molar-refractivity contribution is 0.628. The number of aryl methyl sites for hydroxylation is 1. The van der Waals surface area contributed by atoms with Crippen LogP contribution in [0.3, 0.4) is 0 Å². The molecule has 2 aromatic rings. The minimum Gasteiger partial charge on any atom is -0.319 e. The van der Waals surface area contributed by atoms with Gasteiger partial charge >= 0.3 is 0 Å². The third-order valence-corrected chi connectivity index (χ3v) is 2.81. The summed E-state index contributed by atoms with van der Waals surface area (Å²) < 4.78 is 15.0. The summed E-state index contributed by atoms with van der Waals surface area (Å²) in [4.78, 5) is 0. The van der Waals surface area contributed by atoms with Crippen molar-refractivity contribution in [3.63, 3.8) is 0 Å². The van der Waals surface area contributed by atoms with Crippen LogP contribution < -0.4 is 5.32 Å². The lowest BCUT2D eigenvalue weighted by Crippen LogP contribution is -2.13. The molecule has 0 aliphatic heterocycles. The summed E-state index contributed by atoms with van der Waals surface area (Å²) in [5.74, 6) is -0.217. The molecule has 1 N–H and O–H groups in total. The number of likely N-dealkylation sites (N-methyl/N-ethyl adjacent to an activating group) is 1. The number of nitrogens with zero attached hydrogens (tertiary/aromatic N) is 2. The van der Waals surface area contributed by atoms with E-state index in [1.165, 1.54) is 6.07 Å². The normalized spacial score (nSPS) is 10.8. The summed E-state index contributed by atoms with van der Waals surface area (Å²) in [7, 11) is 3.83. The van der Waals surface area contributed by atoms with E-state index >= 15 is 0 Å². The van der Waals surface area contributed by atoms with Crippen molar-refractivity contribution in [2.45, 2.75) is 6.42 Å². The number of nitrogens with one attached hydrogen (secondary N) is 1. The predicted octanol–water partition coefficient (Wildman–Crippen LogP) is 1.99. The van der Waals surface area contributed by atoms with E-state index in [0.717, 1.165) is 29.8 Å². The minimum atomic E-state index is -0.217. The maximum atomic E-state index is 13.2. The quantitative estimate of drug-likeness (QED) is 0.875. The first-order valence-electron chi connectivity index (χ1n) is 5.64. The second-order valence-corrected chi connectivity index (χ2v) is 3.99. The molecule has 90 valence electrons. The molecule has 0 saturated carbocycles. The average Bonchev–Trinajstić information content (AvgIpc) is 2.68. The topological polar surface area (TPSA) is 29.9 Å². The van der Waals surface area contributed by atoms with Crippen LogP contribution in [0.25, 0.3) is 11.1 Å². The van der Waals surface area contributed by atoms with Gasteiger partial charge in [0.2, 0.25) is 0 Å². The van der Waals surface area contributed by atoms with Crippen molar-refractivity contribution in [3.8, 4) is 11.1 Å². The van der Waals surface area contributed by atoms with Gasteiger partial charge in [-0.3, -0.25) is 4.68 Å². The van der Waals surface area contributed by atoms with E-state index in [4.69, 9.17) is 0 Å². The van der Waals surface area contributed by atoms with Gasteiger partial charge in [0, 0.05) is 31.3 Å². The van der Waals surface area contributed by atoms with Gasteiger partial charge in [0.05, 0.1) is 6.20 Å². The van der Waals surface area contributed by atoms with Crippen molar-refractivity contribution in [3.05, 3.63) is 42.0 Å². The molecule has 1 aromatic heterocycles. The van der Waals surface area contributed by atoms with E-state index in [1.54, 1.807) is 18.3 Å². The van der Waals surface area contributed by atoms with Crippen LogP contribution in [0.1, 0.15) is 5.69 Å². The fourth-order valence-electron chi connectivity index (χ4n) is 1.90. The summed E-state index contributed by atoms with van der Waals surface area (Å²) in [6.45, 7) is 0.877. The Morgan fingerprint density at radius 1 is 1.41 bits per heavy atom. The second kappa shape index (κ2) is 5.10. The molecule has 4 heteroatoms. The van der Waals surface area contributed by atoms with Crippen molar-refractivity contribution in [1.29, 1.82) is 0 Å². The Hall–Kier alpha value is -1.68. The standard InChI is InChI=1S/C13H16FN3/c1-15-7-6-13-12(9-16-17(13)2)10-4-3-5-11(14)8-10/h3-5,8-9,15H,6-7H2,1-2H3. The number of rotatable bonds is 4. The Bertz CT molecular complexity index is 505. The van der Waals surface area contributed by atoms with Crippen molar-refractivity contribution >= 4 is 0 Å². The van der Waals surface area contributed by atoms with Gasteiger partial charge in [-0.15, -0.1) is 0 Å². The maximum absolute atomic E-state index is 13.2. The zero-order chi connectivity index (χ0) is 12.3. The molecule has 0 radical (unpaired) electrons. The molecule has 0 unspecified atom stereocenters. The van der Waals surface area contributed by atoms with Crippen molar-refractivity contribution in [2.24, 2.45) is 7.05 Å². The van der Waals surface area contributed by atoms with Gasteiger partial charge in [0.25, 0.3) is 0 Å². The maximum Gasteiger partial charge on any atom is 0.123 e. The molecule has 0 amide bonds. The van der Waals surface area contributed by atoms with Crippen LogP contribution in [0.2, 0.25) is 0 Å². The van der Waals surface area contributed by atoms with E-state index in [2.05, 4.69) is 10.4 Å². The van der Waals surface area contributed by atoms with E-state index in [1.807, 2.05) is 24.8 Å². The summed E-state index contributed by atoms with van der Waals surface area (Å²) in [6.07, 6.45) is 2.67. The zero-order valence-electron chi connectivity index (χ0n) is 10.1.